The van der Waals surface area contributed by atoms with E-state index < -0.39 is 10.8 Å². The molecule has 0 unspecified atom stereocenters. The molecule has 1 aliphatic rings. The van der Waals surface area contributed by atoms with Crippen molar-refractivity contribution in [3.8, 4) is 5.75 Å². The lowest BCUT2D eigenvalue weighted by atomic mass is 10.1. The molecule has 1 heterocycles. The molecule has 3 rings (SSSR count). The molecule has 0 saturated carbocycles. The van der Waals surface area contributed by atoms with Crippen LogP contribution in [0.4, 0.5) is 17.1 Å². The molecule has 8 heteroatoms. The zero-order chi connectivity index (χ0) is 18.7. The highest BCUT2D eigenvalue weighted by Gasteiger charge is 2.35. The molecule has 1 fully saturated rings. The Balaban J connectivity index is 1.71. The van der Waals surface area contributed by atoms with Crippen LogP contribution in [0.1, 0.15) is 6.42 Å². The quantitative estimate of drug-likeness (QED) is 0.656. The lowest BCUT2D eigenvalue weighted by Crippen LogP contribution is -2.28. The fraction of sp³-hybridized carbons (Fsp3) is 0.222. The number of anilines is 2. The molecule has 26 heavy (non-hydrogen) atoms. The number of amides is 2. The summed E-state index contributed by atoms with van der Waals surface area (Å²) in [5.41, 5.74) is 0.889. The highest BCUT2D eigenvalue weighted by atomic mass is 16.6. The lowest BCUT2D eigenvalue weighted by molar-refractivity contribution is -0.384. The average molecular weight is 355 g/mol. The van der Waals surface area contributed by atoms with Crippen molar-refractivity contribution >= 4 is 28.9 Å². The smallest absolute Gasteiger partial charge is 0.271 e. The molecule has 8 nitrogen and oxygen atoms in total. The molecule has 1 saturated heterocycles. The van der Waals surface area contributed by atoms with E-state index in [1.807, 2.05) is 0 Å². The summed E-state index contributed by atoms with van der Waals surface area (Å²) in [5.74, 6) is -0.408. The van der Waals surface area contributed by atoms with Gasteiger partial charge in [-0.2, -0.15) is 0 Å². The number of nitrogens with one attached hydrogen (secondary N) is 1. The summed E-state index contributed by atoms with van der Waals surface area (Å²) in [7, 11) is 1.54. The molecule has 0 spiro atoms. The average Bonchev–Trinajstić information content (AvgIpc) is 3.04. The minimum absolute atomic E-state index is 0.0813. The predicted octanol–water partition coefficient (Wildman–Crippen LogP) is 2.60. The third-order valence-corrected chi connectivity index (χ3v) is 4.19. The molecular formula is C18H17N3O5. The van der Waals surface area contributed by atoms with Crippen LogP contribution >= 0.6 is 0 Å². The van der Waals surface area contributed by atoms with Crippen molar-refractivity contribution in [3.63, 3.8) is 0 Å². The molecule has 0 bridgehead atoms. The molecule has 0 radical (unpaired) electrons. The van der Waals surface area contributed by atoms with Crippen molar-refractivity contribution in [1.82, 2.24) is 0 Å². The second-order valence-electron chi connectivity index (χ2n) is 5.90. The van der Waals surface area contributed by atoms with E-state index in [0.29, 0.717) is 17.1 Å². The predicted molar refractivity (Wildman–Crippen MR) is 95.2 cm³/mol. The second kappa shape index (κ2) is 7.22. The molecule has 0 aromatic heterocycles. The van der Waals surface area contributed by atoms with E-state index in [1.165, 1.54) is 18.2 Å². The van der Waals surface area contributed by atoms with E-state index in [9.17, 15) is 19.7 Å². The number of hydrogen-bond acceptors (Lipinski definition) is 5. The van der Waals surface area contributed by atoms with Crippen LogP contribution < -0.4 is 15.0 Å². The van der Waals surface area contributed by atoms with Gasteiger partial charge in [-0.05, 0) is 18.2 Å². The first-order chi connectivity index (χ1) is 12.5. The van der Waals surface area contributed by atoms with Gasteiger partial charge in [0.15, 0.2) is 0 Å². The minimum Gasteiger partial charge on any atom is -0.497 e. The van der Waals surface area contributed by atoms with Gasteiger partial charge in [0.05, 0.1) is 18.0 Å². The zero-order valence-corrected chi connectivity index (χ0v) is 14.0. The first-order valence-electron chi connectivity index (χ1n) is 7.97. The largest absolute Gasteiger partial charge is 0.497 e. The van der Waals surface area contributed by atoms with Crippen LogP contribution in [0, 0.1) is 16.0 Å². The Labute approximate surface area is 149 Å². The van der Waals surface area contributed by atoms with Crippen molar-refractivity contribution in [2.45, 2.75) is 6.42 Å². The summed E-state index contributed by atoms with van der Waals surface area (Å²) < 4.78 is 5.16. The molecule has 2 aromatic carbocycles. The second-order valence-corrected chi connectivity index (χ2v) is 5.90. The number of hydrogen-bond donors (Lipinski definition) is 1. The van der Waals surface area contributed by atoms with Gasteiger partial charge in [-0.1, -0.05) is 12.1 Å². The van der Waals surface area contributed by atoms with Crippen LogP contribution in [0.2, 0.25) is 0 Å². The Morgan fingerprint density at radius 1 is 1.27 bits per heavy atom. The molecule has 0 aliphatic carbocycles. The fourth-order valence-electron chi connectivity index (χ4n) is 2.85. The van der Waals surface area contributed by atoms with E-state index in [4.69, 9.17) is 4.74 Å². The summed E-state index contributed by atoms with van der Waals surface area (Å²) >= 11 is 0. The van der Waals surface area contributed by atoms with Crippen LogP contribution in [0.5, 0.6) is 5.75 Å². The Morgan fingerprint density at radius 2 is 2.04 bits per heavy atom. The van der Waals surface area contributed by atoms with E-state index >= 15 is 0 Å². The number of benzene rings is 2. The first kappa shape index (κ1) is 17.4. The Hall–Kier alpha value is -3.42. The van der Waals surface area contributed by atoms with Crippen molar-refractivity contribution < 1.29 is 19.2 Å². The van der Waals surface area contributed by atoms with Crippen molar-refractivity contribution in [3.05, 3.63) is 58.6 Å². The standard InChI is InChI=1S/C18H17N3O5/c1-26-16-7-3-5-14(10-16)20-11-12(8-17(20)22)18(23)19-13-4-2-6-15(9-13)21(24)25/h2-7,9-10,12H,8,11H2,1H3,(H,19,23)/t12-/m1/s1. The van der Waals surface area contributed by atoms with E-state index in [-0.39, 0.29) is 30.5 Å². The van der Waals surface area contributed by atoms with Gasteiger partial charge in [-0.3, -0.25) is 19.7 Å². The maximum absolute atomic E-state index is 12.5. The third-order valence-electron chi connectivity index (χ3n) is 4.19. The number of carbonyl (C=O) groups excluding carboxylic acids is 2. The molecule has 2 aromatic rings. The number of nitro groups is 1. The third kappa shape index (κ3) is 3.64. The Bertz CT molecular complexity index is 867. The van der Waals surface area contributed by atoms with Crippen LogP contribution in [-0.4, -0.2) is 30.4 Å². The molecule has 2 amide bonds. The summed E-state index contributed by atoms with van der Waals surface area (Å²) in [6.45, 7) is 0.243. The summed E-state index contributed by atoms with van der Waals surface area (Å²) in [6.07, 6.45) is 0.0813. The van der Waals surface area contributed by atoms with Gasteiger partial charge in [0.2, 0.25) is 11.8 Å². The number of rotatable bonds is 5. The van der Waals surface area contributed by atoms with Gasteiger partial charge >= 0.3 is 0 Å². The van der Waals surface area contributed by atoms with E-state index in [1.54, 1.807) is 42.3 Å². The minimum atomic E-state index is -0.534. The van der Waals surface area contributed by atoms with E-state index in [0.717, 1.165) is 0 Å². The molecule has 1 atom stereocenters. The van der Waals surface area contributed by atoms with Crippen LogP contribution in [-0.2, 0) is 9.59 Å². The lowest BCUT2D eigenvalue weighted by Gasteiger charge is -2.17. The first-order valence-corrected chi connectivity index (χ1v) is 7.97. The van der Waals surface area contributed by atoms with Gasteiger partial charge in [-0.15, -0.1) is 0 Å². The normalized spacial score (nSPS) is 16.4. The summed E-state index contributed by atoms with van der Waals surface area (Å²) in [4.78, 5) is 36.6. The van der Waals surface area contributed by atoms with Crippen LogP contribution in [0.25, 0.3) is 0 Å². The van der Waals surface area contributed by atoms with Crippen molar-refractivity contribution in [2.24, 2.45) is 5.92 Å². The van der Waals surface area contributed by atoms with Crippen LogP contribution in [0.3, 0.4) is 0 Å². The Kier molecular flexibility index (Phi) is 4.83. The summed E-state index contributed by atoms with van der Waals surface area (Å²) in [5, 5.41) is 13.5. The molecule has 1 aliphatic heterocycles. The van der Waals surface area contributed by atoms with Gasteiger partial charge in [-0.25, -0.2) is 0 Å². The van der Waals surface area contributed by atoms with Crippen molar-refractivity contribution in [2.75, 3.05) is 23.9 Å². The maximum atomic E-state index is 12.5. The number of ether oxygens (including phenoxy) is 1. The van der Waals surface area contributed by atoms with E-state index in [2.05, 4.69) is 5.32 Å². The van der Waals surface area contributed by atoms with Gasteiger partial charge < -0.3 is 15.0 Å². The van der Waals surface area contributed by atoms with Gasteiger partial charge in [0.25, 0.3) is 5.69 Å². The topological polar surface area (TPSA) is 102 Å². The molecule has 1 N–H and O–H groups in total. The number of non-ortho nitro benzene ring substituents is 1. The fourth-order valence-corrected chi connectivity index (χ4v) is 2.85. The zero-order valence-electron chi connectivity index (χ0n) is 14.0. The highest BCUT2D eigenvalue weighted by Crippen LogP contribution is 2.28. The number of methoxy groups -OCH3 is 1. The SMILES string of the molecule is COc1cccc(N2C[C@H](C(=O)Nc3cccc([N+](=O)[O-])c3)CC2=O)c1. The number of carbonyl (C=O) groups is 2. The Morgan fingerprint density at radius 3 is 2.77 bits per heavy atom. The van der Waals surface area contributed by atoms with Gasteiger partial charge in [0.1, 0.15) is 5.75 Å². The number of nitro benzene ring substituents is 1. The maximum Gasteiger partial charge on any atom is 0.271 e. The highest BCUT2D eigenvalue weighted by molar-refractivity contribution is 6.03. The molecular weight excluding hydrogens is 338 g/mol. The molecule has 134 valence electrons. The monoisotopic (exact) mass is 355 g/mol. The number of nitrogens with zero attached hydrogens (tertiary/aromatic N) is 2. The van der Waals surface area contributed by atoms with Gasteiger partial charge in [0, 0.05) is 42.5 Å². The summed E-state index contributed by atoms with van der Waals surface area (Å²) in [6, 6.07) is 12.8. The van der Waals surface area contributed by atoms with Crippen LogP contribution in [0.15, 0.2) is 48.5 Å². The van der Waals surface area contributed by atoms with Crippen molar-refractivity contribution in [1.29, 1.82) is 0 Å².